The largest absolute Gasteiger partial charge is 0.323 e. The van der Waals surface area contributed by atoms with Crippen LogP contribution in [0.25, 0.3) is 0 Å². The van der Waals surface area contributed by atoms with Crippen LogP contribution in [-0.4, -0.2) is 22.0 Å². The lowest BCUT2D eigenvalue weighted by molar-refractivity contribution is 0.605. The van der Waals surface area contributed by atoms with Gasteiger partial charge >= 0.3 is 0 Å². The molecule has 1 saturated heterocycles. The molecule has 2 rings (SSSR count). The molecule has 3 unspecified atom stereocenters. The van der Waals surface area contributed by atoms with Crippen molar-refractivity contribution in [2.75, 3.05) is 11.5 Å². The van der Waals surface area contributed by atoms with Gasteiger partial charge in [-0.25, -0.2) is 4.39 Å². The van der Waals surface area contributed by atoms with Gasteiger partial charge in [-0.15, -0.1) is 0 Å². The van der Waals surface area contributed by atoms with E-state index in [1.807, 2.05) is 35.7 Å². The Hall–Kier alpha value is -0.190. The van der Waals surface area contributed by atoms with Gasteiger partial charge in [-0.3, -0.25) is 0 Å². The molecule has 0 aliphatic carbocycles. The summed E-state index contributed by atoms with van der Waals surface area (Å²) in [5.74, 6) is 2.18. The molecule has 3 atom stereocenters. The Labute approximate surface area is 111 Å². The Morgan fingerprint density at radius 1 is 1.35 bits per heavy atom. The molecule has 0 bridgehead atoms. The second kappa shape index (κ2) is 5.63. The standard InChI is InChI=1S/C13H18FNS2/c1-8-3-4-10(7-11(8)14)12(15)13-9(2)16-5-6-17-13/h3-4,7,9,12-13H,5-6,15H2,1-2H3. The summed E-state index contributed by atoms with van der Waals surface area (Å²) in [5.41, 5.74) is 7.88. The number of hydrogen-bond acceptors (Lipinski definition) is 3. The normalized spacial score (nSPS) is 26.8. The monoisotopic (exact) mass is 271 g/mol. The minimum atomic E-state index is -0.154. The van der Waals surface area contributed by atoms with Crippen molar-refractivity contribution in [2.45, 2.75) is 30.4 Å². The van der Waals surface area contributed by atoms with E-state index in [2.05, 4.69) is 6.92 Å². The number of thioether (sulfide) groups is 2. The molecule has 1 aromatic rings. The molecule has 1 aliphatic rings. The second-order valence-corrected chi connectivity index (χ2v) is 7.22. The fraction of sp³-hybridized carbons (Fsp3) is 0.538. The van der Waals surface area contributed by atoms with Crippen LogP contribution < -0.4 is 5.73 Å². The Bertz CT molecular complexity index is 397. The second-order valence-electron chi connectivity index (χ2n) is 4.45. The van der Waals surface area contributed by atoms with Crippen LogP contribution in [0.15, 0.2) is 18.2 Å². The van der Waals surface area contributed by atoms with Gasteiger partial charge in [0.2, 0.25) is 0 Å². The first-order valence-corrected chi connectivity index (χ1v) is 7.94. The van der Waals surface area contributed by atoms with Gasteiger partial charge in [0.1, 0.15) is 5.82 Å². The van der Waals surface area contributed by atoms with Crippen LogP contribution >= 0.6 is 23.5 Å². The predicted octanol–water partition coefficient (Wildman–Crippen LogP) is 3.37. The van der Waals surface area contributed by atoms with E-state index in [0.29, 0.717) is 16.1 Å². The zero-order valence-electron chi connectivity index (χ0n) is 10.2. The topological polar surface area (TPSA) is 26.0 Å². The molecular formula is C13H18FNS2. The van der Waals surface area contributed by atoms with Crippen LogP contribution in [0.5, 0.6) is 0 Å². The van der Waals surface area contributed by atoms with Gasteiger partial charge in [-0.05, 0) is 24.1 Å². The summed E-state index contributed by atoms with van der Waals surface area (Å²) in [6.45, 7) is 3.99. The highest BCUT2D eigenvalue weighted by molar-refractivity contribution is 8.07. The molecule has 0 saturated carbocycles. The van der Waals surface area contributed by atoms with E-state index in [9.17, 15) is 4.39 Å². The van der Waals surface area contributed by atoms with E-state index < -0.39 is 0 Å². The summed E-state index contributed by atoms with van der Waals surface area (Å²) < 4.78 is 13.5. The molecule has 0 amide bonds. The molecule has 1 aromatic carbocycles. The van der Waals surface area contributed by atoms with Gasteiger partial charge in [-0.1, -0.05) is 19.1 Å². The van der Waals surface area contributed by atoms with Crippen LogP contribution in [0.2, 0.25) is 0 Å². The third-order valence-corrected chi connectivity index (χ3v) is 6.39. The Balaban J connectivity index is 2.17. The first-order chi connectivity index (χ1) is 8.09. The maximum atomic E-state index is 13.5. The van der Waals surface area contributed by atoms with Crippen LogP contribution in [0.1, 0.15) is 24.1 Å². The highest BCUT2D eigenvalue weighted by Gasteiger charge is 2.29. The van der Waals surface area contributed by atoms with Crippen LogP contribution in [-0.2, 0) is 0 Å². The molecule has 0 aromatic heterocycles. The van der Waals surface area contributed by atoms with Crippen molar-refractivity contribution < 1.29 is 4.39 Å². The Kier molecular flexibility index (Phi) is 4.39. The third-order valence-electron chi connectivity index (χ3n) is 3.17. The molecule has 1 aliphatic heterocycles. The van der Waals surface area contributed by atoms with Crippen molar-refractivity contribution >= 4 is 23.5 Å². The maximum Gasteiger partial charge on any atom is 0.126 e. The van der Waals surface area contributed by atoms with Crippen molar-refractivity contribution in [3.8, 4) is 0 Å². The van der Waals surface area contributed by atoms with Gasteiger partial charge in [0.15, 0.2) is 0 Å². The van der Waals surface area contributed by atoms with Gasteiger partial charge < -0.3 is 5.73 Å². The number of rotatable bonds is 2. The summed E-state index contributed by atoms with van der Waals surface area (Å²) in [5, 5.41) is 0.920. The van der Waals surface area contributed by atoms with E-state index in [1.54, 1.807) is 13.0 Å². The highest BCUT2D eigenvalue weighted by Crippen LogP contribution is 2.37. The molecule has 1 nitrogen and oxygen atoms in total. The summed E-state index contributed by atoms with van der Waals surface area (Å²) in [6, 6.07) is 5.29. The average Bonchev–Trinajstić information content (AvgIpc) is 2.32. The molecule has 2 N–H and O–H groups in total. The van der Waals surface area contributed by atoms with Crippen LogP contribution in [0.4, 0.5) is 4.39 Å². The first-order valence-electron chi connectivity index (χ1n) is 5.84. The number of nitrogens with two attached hydrogens (primary N) is 1. The van der Waals surface area contributed by atoms with Gasteiger partial charge in [0, 0.05) is 28.0 Å². The van der Waals surface area contributed by atoms with E-state index in [-0.39, 0.29) is 11.9 Å². The fourth-order valence-corrected chi connectivity index (χ4v) is 4.93. The van der Waals surface area contributed by atoms with Gasteiger partial charge in [0.25, 0.3) is 0 Å². The first kappa shape index (κ1) is 13.2. The van der Waals surface area contributed by atoms with Crippen molar-refractivity contribution in [1.29, 1.82) is 0 Å². The number of aryl methyl sites for hydroxylation is 1. The van der Waals surface area contributed by atoms with Crippen molar-refractivity contribution in [3.63, 3.8) is 0 Å². The van der Waals surface area contributed by atoms with Gasteiger partial charge in [0.05, 0.1) is 0 Å². The molecular weight excluding hydrogens is 253 g/mol. The van der Waals surface area contributed by atoms with Crippen LogP contribution in [0.3, 0.4) is 0 Å². The number of hydrogen-bond donors (Lipinski definition) is 1. The molecule has 94 valence electrons. The molecule has 0 spiro atoms. The van der Waals surface area contributed by atoms with Crippen LogP contribution in [0, 0.1) is 12.7 Å². The van der Waals surface area contributed by atoms with E-state index in [0.717, 1.165) is 11.3 Å². The molecule has 17 heavy (non-hydrogen) atoms. The Morgan fingerprint density at radius 2 is 2.06 bits per heavy atom. The molecule has 0 radical (unpaired) electrons. The minimum Gasteiger partial charge on any atom is -0.323 e. The number of benzene rings is 1. The van der Waals surface area contributed by atoms with Crippen molar-refractivity contribution in [3.05, 3.63) is 35.1 Å². The number of halogens is 1. The zero-order valence-corrected chi connectivity index (χ0v) is 11.8. The van der Waals surface area contributed by atoms with E-state index >= 15 is 0 Å². The molecule has 1 fully saturated rings. The minimum absolute atomic E-state index is 0.0714. The summed E-state index contributed by atoms with van der Waals surface area (Å²) in [7, 11) is 0. The van der Waals surface area contributed by atoms with Crippen molar-refractivity contribution in [2.24, 2.45) is 5.73 Å². The predicted molar refractivity (Wildman–Crippen MR) is 76.2 cm³/mol. The highest BCUT2D eigenvalue weighted by atomic mass is 32.2. The quantitative estimate of drug-likeness (QED) is 0.893. The third kappa shape index (κ3) is 2.98. The summed E-state index contributed by atoms with van der Waals surface area (Å²) in [4.78, 5) is 0. The fourth-order valence-electron chi connectivity index (χ4n) is 2.05. The average molecular weight is 271 g/mol. The lowest BCUT2D eigenvalue weighted by Crippen LogP contribution is -2.34. The summed E-state index contributed by atoms with van der Waals surface area (Å²) in [6.07, 6.45) is 0. The zero-order chi connectivity index (χ0) is 12.4. The smallest absolute Gasteiger partial charge is 0.126 e. The molecule has 4 heteroatoms. The molecule has 1 heterocycles. The van der Waals surface area contributed by atoms with Crippen molar-refractivity contribution in [1.82, 2.24) is 0 Å². The SMILES string of the molecule is Cc1ccc(C(N)C2SCCSC2C)cc1F. The maximum absolute atomic E-state index is 13.5. The van der Waals surface area contributed by atoms with Gasteiger partial charge in [-0.2, -0.15) is 23.5 Å². The Morgan fingerprint density at radius 3 is 2.71 bits per heavy atom. The van der Waals surface area contributed by atoms with E-state index in [1.165, 1.54) is 5.75 Å². The lowest BCUT2D eigenvalue weighted by Gasteiger charge is -2.32. The van der Waals surface area contributed by atoms with E-state index in [4.69, 9.17) is 5.73 Å². The summed E-state index contributed by atoms with van der Waals surface area (Å²) >= 11 is 3.88. The lowest BCUT2D eigenvalue weighted by atomic mass is 10.0.